The topological polar surface area (TPSA) is 106 Å². The smallest absolute Gasteiger partial charge is 0.321 e. The zero-order valence-corrected chi connectivity index (χ0v) is 16.1. The summed E-state index contributed by atoms with van der Waals surface area (Å²) in [5, 5.41) is 9.36. The molecule has 1 heterocycles. The first-order valence-electron chi connectivity index (χ1n) is 8.26. The fourth-order valence-corrected chi connectivity index (χ4v) is 2.46. The molecule has 2 rings (SSSR count). The number of nitrogens with one attached hydrogen (secondary N) is 2. The van der Waals surface area contributed by atoms with Crippen LogP contribution >= 0.6 is 0 Å². The summed E-state index contributed by atoms with van der Waals surface area (Å²) in [6.45, 7) is 3.91. The minimum absolute atomic E-state index is 0.0834. The van der Waals surface area contributed by atoms with E-state index < -0.39 is 0 Å². The summed E-state index contributed by atoms with van der Waals surface area (Å²) in [7, 11) is 4.60. The van der Waals surface area contributed by atoms with E-state index in [2.05, 4.69) is 15.8 Å². The lowest BCUT2D eigenvalue weighted by atomic mass is 10.2. The van der Waals surface area contributed by atoms with Crippen LogP contribution in [0.3, 0.4) is 0 Å². The average molecular weight is 376 g/mol. The summed E-state index contributed by atoms with van der Waals surface area (Å²) in [5.41, 5.74) is 2.57. The zero-order valence-electron chi connectivity index (χ0n) is 16.1. The van der Waals surface area contributed by atoms with Gasteiger partial charge in [0.2, 0.25) is 5.91 Å². The molecule has 3 amide bonds. The maximum atomic E-state index is 12.5. The van der Waals surface area contributed by atoms with Crippen LogP contribution in [0.25, 0.3) is 0 Å². The van der Waals surface area contributed by atoms with Gasteiger partial charge in [0, 0.05) is 25.4 Å². The Morgan fingerprint density at radius 2 is 1.96 bits per heavy atom. The van der Waals surface area contributed by atoms with Gasteiger partial charge in [0.05, 0.1) is 25.0 Å². The lowest BCUT2D eigenvalue weighted by molar-refractivity contribution is -0.119. The Balaban J connectivity index is 2.09. The number of urea groups is 1. The van der Waals surface area contributed by atoms with Crippen LogP contribution in [0.15, 0.2) is 22.7 Å². The first kappa shape index (κ1) is 20.2. The molecule has 2 aromatic rings. The largest absolute Gasteiger partial charge is 0.495 e. The van der Waals surface area contributed by atoms with Crippen molar-refractivity contribution in [2.24, 2.45) is 0 Å². The molecule has 0 atom stereocenters. The highest BCUT2D eigenvalue weighted by molar-refractivity contribution is 5.95. The standard InChI is InChI=1S/C18H24N4O5/c1-11-14(12(2)27-21-11)9-22(3)18(24)19-13-6-7-16(26-5)15(8-13)20-17(23)10-25-4/h6-8H,9-10H2,1-5H3,(H,19,24)(H,20,23). The Morgan fingerprint density at radius 1 is 1.22 bits per heavy atom. The quantitative estimate of drug-likeness (QED) is 0.769. The monoisotopic (exact) mass is 376 g/mol. The number of carbonyl (C=O) groups excluding carboxylic acids is 2. The number of hydrogen-bond acceptors (Lipinski definition) is 6. The Kier molecular flexibility index (Phi) is 6.78. The zero-order chi connectivity index (χ0) is 20.0. The minimum atomic E-state index is -0.324. The third-order valence-electron chi connectivity index (χ3n) is 3.92. The number of methoxy groups -OCH3 is 2. The maximum absolute atomic E-state index is 12.5. The third-order valence-corrected chi connectivity index (χ3v) is 3.92. The Labute approximate surface area is 157 Å². The normalized spacial score (nSPS) is 10.4. The van der Waals surface area contributed by atoms with Crippen LogP contribution < -0.4 is 15.4 Å². The molecule has 9 nitrogen and oxygen atoms in total. The molecule has 9 heteroatoms. The molecule has 0 unspecified atom stereocenters. The molecule has 0 fully saturated rings. The van der Waals surface area contributed by atoms with E-state index in [4.69, 9.17) is 14.0 Å². The number of nitrogens with zero attached hydrogens (tertiary/aromatic N) is 2. The highest BCUT2D eigenvalue weighted by atomic mass is 16.5. The number of aromatic nitrogens is 1. The van der Waals surface area contributed by atoms with Gasteiger partial charge in [-0.1, -0.05) is 5.16 Å². The second kappa shape index (κ2) is 9.04. The van der Waals surface area contributed by atoms with Gasteiger partial charge in [0.15, 0.2) is 0 Å². The van der Waals surface area contributed by atoms with E-state index in [9.17, 15) is 9.59 Å². The molecule has 0 aliphatic rings. The summed E-state index contributed by atoms with van der Waals surface area (Å²) < 4.78 is 15.2. The van der Waals surface area contributed by atoms with E-state index in [1.54, 1.807) is 32.2 Å². The van der Waals surface area contributed by atoms with Crippen LogP contribution in [-0.2, 0) is 16.1 Å². The molecule has 0 saturated carbocycles. The van der Waals surface area contributed by atoms with Gasteiger partial charge in [-0.3, -0.25) is 4.79 Å². The number of aryl methyl sites for hydroxylation is 2. The maximum Gasteiger partial charge on any atom is 0.321 e. The van der Waals surface area contributed by atoms with Crippen molar-refractivity contribution in [3.63, 3.8) is 0 Å². The predicted molar refractivity (Wildman–Crippen MR) is 100.0 cm³/mol. The molecule has 0 radical (unpaired) electrons. The number of benzene rings is 1. The van der Waals surface area contributed by atoms with E-state index in [0.29, 0.717) is 29.4 Å². The fourth-order valence-electron chi connectivity index (χ4n) is 2.46. The van der Waals surface area contributed by atoms with Gasteiger partial charge in [-0.25, -0.2) is 4.79 Å². The van der Waals surface area contributed by atoms with Gasteiger partial charge in [0.1, 0.15) is 18.1 Å². The number of hydrogen-bond donors (Lipinski definition) is 2. The lowest BCUT2D eigenvalue weighted by Gasteiger charge is -2.19. The molecular formula is C18H24N4O5. The van der Waals surface area contributed by atoms with Crippen LogP contribution in [0.1, 0.15) is 17.0 Å². The van der Waals surface area contributed by atoms with Gasteiger partial charge in [-0.05, 0) is 32.0 Å². The molecular weight excluding hydrogens is 352 g/mol. The average Bonchev–Trinajstić information content (AvgIpc) is 2.94. The summed E-state index contributed by atoms with van der Waals surface area (Å²) in [4.78, 5) is 25.8. The second-order valence-corrected chi connectivity index (χ2v) is 5.99. The van der Waals surface area contributed by atoms with Gasteiger partial charge < -0.3 is 29.5 Å². The van der Waals surface area contributed by atoms with Crippen LogP contribution in [-0.4, -0.2) is 49.9 Å². The highest BCUT2D eigenvalue weighted by Gasteiger charge is 2.16. The van der Waals surface area contributed by atoms with E-state index >= 15 is 0 Å². The van der Waals surface area contributed by atoms with E-state index in [1.165, 1.54) is 19.1 Å². The Hall–Kier alpha value is -3.07. The van der Waals surface area contributed by atoms with Gasteiger partial charge in [-0.2, -0.15) is 0 Å². The van der Waals surface area contributed by atoms with Crippen molar-refractivity contribution in [2.45, 2.75) is 20.4 Å². The van der Waals surface area contributed by atoms with Crippen molar-refractivity contribution in [3.05, 3.63) is 35.2 Å². The van der Waals surface area contributed by atoms with Gasteiger partial charge >= 0.3 is 6.03 Å². The molecule has 27 heavy (non-hydrogen) atoms. The Morgan fingerprint density at radius 3 is 2.56 bits per heavy atom. The van der Waals surface area contributed by atoms with E-state index in [-0.39, 0.29) is 18.5 Å². The first-order valence-corrected chi connectivity index (χ1v) is 8.26. The number of anilines is 2. The van der Waals surface area contributed by atoms with E-state index in [0.717, 1.165) is 11.3 Å². The molecule has 0 aliphatic heterocycles. The SMILES string of the molecule is COCC(=O)Nc1cc(NC(=O)N(C)Cc2c(C)noc2C)ccc1OC. The highest BCUT2D eigenvalue weighted by Crippen LogP contribution is 2.28. The summed E-state index contributed by atoms with van der Waals surface area (Å²) in [6.07, 6.45) is 0. The molecule has 2 N–H and O–H groups in total. The van der Waals surface area contributed by atoms with E-state index in [1.807, 2.05) is 6.92 Å². The Bertz CT molecular complexity index is 799. The summed E-state index contributed by atoms with van der Waals surface area (Å²) in [6, 6.07) is 4.65. The van der Waals surface area contributed by atoms with Crippen LogP contribution in [0, 0.1) is 13.8 Å². The van der Waals surface area contributed by atoms with Crippen molar-refractivity contribution in [1.29, 1.82) is 0 Å². The van der Waals surface area contributed by atoms with Crippen LogP contribution in [0.2, 0.25) is 0 Å². The van der Waals surface area contributed by atoms with Crippen molar-refractivity contribution in [1.82, 2.24) is 10.1 Å². The first-order chi connectivity index (χ1) is 12.8. The summed E-state index contributed by atoms with van der Waals surface area (Å²) >= 11 is 0. The van der Waals surface area contributed by atoms with Crippen LogP contribution in [0.4, 0.5) is 16.2 Å². The molecule has 1 aromatic carbocycles. The van der Waals surface area contributed by atoms with Crippen molar-refractivity contribution < 1.29 is 23.6 Å². The predicted octanol–water partition coefficient (Wildman–Crippen LogP) is 2.55. The molecule has 1 aromatic heterocycles. The van der Waals surface area contributed by atoms with Crippen molar-refractivity contribution >= 4 is 23.3 Å². The number of rotatable bonds is 7. The molecule has 0 bridgehead atoms. The van der Waals surface area contributed by atoms with Gasteiger partial charge in [-0.15, -0.1) is 0 Å². The van der Waals surface area contributed by atoms with Crippen LogP contribution in [0.5, 0.6) is 5.75 Å². The molecule has 0 aliphatic carbocycles. The molecule has 0 spiro atoms. The second-order valence-electron chi connectivity index (χ2n) is 5.99. The fraction of sp³-hybridized carbons (Fsp3) is 0.389. The number of ether oxygens (including phenoxy) is 2. The number of amides is 3. The molecule has 146 valence electrons. The molecule has 0 saturated heterocycles. The lowest BCUT2D eigenvalue weighted by Crippen LogP contribution is -2.31. The van der Waals surface area contributed by atoms with Crippen molar-refractivity contribution in [3.8, 4) is 5.75 Å². The van der Waals surface area contributed by atoms with Gasteiger partial charge in [0.25, 0.3) is 0 Å². The third kappa shape index (κ3) is 5.20. The summed E-state index contributed by atoms with van der Waals surface area (Å²) in [5.74, 6) is 0.830. The minimum Gasteiger partial charge on any atom is -0.495 e. The van der Waals surface area contributed by atoms with Crippen molar-refractivity contribution in [2.75, 3.05) is 38.5 Å². The number of carbonyl (C=O) groups is 2.